The van der Waals surface area contributed by atoms with Gasteiger partial charge in [-0.05, 0) is 26.0 Å². The van der Waals surface area contributed by atoms with Crippen molar-refractivity contribution in [3.63, 3.8) is 0 Å². The van der Waals surface area contributed by atoms with Gasteiger partial charge in [-0.25, -0.2) is 9.97 Å². The maximum absolute atomic E-state index is 4.38. The number of anilines is 1. The molecule has 15 heavy (non-hydrogen) atoms. The zero-order valence-corrected chi connectivity index (χ0v) is 9.64. The van der Waals surface area contributed by atoms with E-state index in [1.54, 1.807) is 11.3 Å². The van der Waals surface area contributed by atoms with Crippen molar-refractivity contribution in [2.24, 2.45) is 0 Å². The normalized spacial score (nSPS) is 10.3. The summed E-state index contributed by atoms with van der Waals surface area (Å²) in [5.74, 6) is 0.903. The van der Waals surface area contributed by atoms with E-state index in [2.05, 4.69) is 20.7 Å². The first-order valence-corrected chi connectivity index (χ1v) is 5.70. The molecule has 0 aromatic carbocycles. The highest BCUT2D eigenvalue weighted by Crippen LogP contribution is 2.10. The second-order valence-electron chi connectivity index (χ2n) is 3.38. The van der Waals surface area contributed by atoms with Gasteiger partial charge in [0.15, 0.2) is 0 Å². The predicted octanol–water partition coefficient (Wildman–Crippen LogP) is 2.77. The summed E-state index contributed by atoms with van der Waals surface area (Å²) in [6.45, 7) is 4.73. The highest BCUT2D eigenvalue weighted by atomic mass is 32.1. The fraction of sp³-hybridized carbons (Fsp3) is 0.273. The summed E-state index contributed by atoms with van der Waals surface area (Å²) in [5.41, 5.74) is 2.09. The Kier molecular flexibility index (Phi) is 2.97. The lowest BCUT2D eigenvalue weighted by atomic mass is 10.3. The highest BCUT2D eigenvalue weighted by Gasteiger charge is 1.98. The fourth-order valence-corrected chi connectivity index (χ4v) is 1.92. The van der Waals surface area contributed by atoms with Gasteiger partial charge in [0, 0.05) is 11.1 Å². The van der Waals surface area contributed by atoms with Crippen LogP contribution < -0.4 is 5.32 Å². The molecule has 1 N–H and O–H groups in total. The summed E-state index contributed by atoms with van der Waals surface area (Å²) in [6.07, 6.45) is 0. The average molecular weight is 219 g/mol. The molecule has 0 atom stereocenters. The molecular weight excluding hydrogens is 206 g/mol. The minimum Gasteiger partial charge on any atom is -0.364 e. The molecule has 2 aromatic heterocycles. The number of thiazole rings is 1. The number of aryl methyl sites for hydroxylation is 2. The van der Waals surface area contributed by atoms with Crippen molar-refractivity contribution >= 4 is 17.2 Å². The summed E-state index contributed by atoms with van der Waals surface area (Å²) in [6, 6.07) is 5.95. The molecule has 78 valence electrons. The van der Waals surface area contributed by atoms with Crippen LogP contribution in [0.15, 0.2) is 23.6 Å². The molecule has 2 rings (SSSR count). The Labute approximate surface area is 93.2 Å². The van der Waals surface area contributed by atoms with Gasteiger partial charge >= 0.3 is 0 Å². The Bertz CT molecular complexity index is 451. The van der Waals surface area contributed by atoms with E-state index in [1.165, 1.54) is 0 Å². The highest BCUT2D eigenvalue weighted by molar-refractivity contribution is 7.09. The molecule has 0 saturated heterocycles. The van der Waals surface area contributed by atoms with Gasteiger partial charge in [0.25, 0.3) is 0 Å². The topological polar surface area (TPSA) is 37.8 Å². The predicted molar refractivity (Wildman–Crippen MR) is 63.2 cm³/mol. The van der Waals surface area contributed by atoms with E-state index in [9.17, 15) is 0 Å². The number of pyridine rings is 1. The van der Waals surface area contributed by atoms with Crippen molar-refractivity contribution in [3.8, 4) is 0 Å². The lowest BCUT2D eigenvalue weighted by Gasteiger charge is -2.03. The Balaban J connectivity index is 1.99. The molecule has 0 unspecified atom stereocenters. The minimum absolute atomic E-state index is 0.737. The first-order valence-electron chi connectivity index (χ1n) is 4.82. The summed E-state index contributed by atoms with van der Waals surface area (Å²) in [5, 5.41) is 6.42. The lowest BCUT2D eigenvalue weighted by molar-refractivity contribution is 1.03. The molecule has 0 fully saturated rings. The monoisotopic (exact) mass is 219 g/mol. The van der Waals surface area contributed by atoms with Crippen molar-refractivity contribution in [2.75, 3.05) is 5.32 Å². The third-order valence-corrected chi connectivity index (χ3v) is 2.83. The SMILES string of the molecule is Cc1cccc(NCc2csc(C)n2)n1. The van der Waals surface area contributed by atoms with Crippen LogP contribution in [0.25, 0.3) is 0 Å². The largest absolute Gasteiger partial charge is 0.364 e. The van der Waals surface area contributed by atoms with Crippen molar-refractivity contribution in [1.29, 1.82) is 0 Å². The van der Waals surface area contributed by atoms with E-state index in [4.69, 9.17) is 0 Å². The van der Waals surface area contributed by atoms with Crippen LogP contribution in [-0.4, -0.2) is 9.97 Å². The molecule has 3 nitrogen and oxygen atoms in total. The second-order valence-corrected chi connectivity index (χ2v) is 4.44. The van der Waals surface area contributed by atoms with Crippen LogP contribution in [0.1, 0.15) is 16.4 Å². The van der Waals surface area contributed by atoms with Gasteiger partial charge in [-0.15, -0.1) is 11.3 Å². The second kappa shape index (κ2) is 4.40. The first-order chi connectivity index (χ1) is 7.24. The zero-order chi connectivity index (χ0) is 10.7. The van der Waals surface area contributed by atoms with Crippen LogP contribution in [0.2, 0.25) is 0 Å². The molecule has 0 aliphatic rings. The Morgan fingerprint density at radius 2 is 2.13 bits per heavy atom. The quantitative estimate of drug-likeness (QED) is 0.862. The van der Waals surface area contributed by atoms with Crippen LogP contribution in [0, 0.1) is 13.8 Å². The third kappa shape index (κ3) is 2.76. The van der Waals surface area contributed by atoms with Gasteiger partial charge in [0.1, 0.15) is 5.82 Å². The Hall–Kier alpha value is -1.42. The molecule has 0 amide bonds. The molecule has 2 aromatic rings. The molecule has 0 radical (unpaired) electrons. The van der Waals surface area contributed by atoms with Crippen LogP contribution in [0.4, 0.5) is 5.82 Å². The van der Waals surface area contributed by atoms with Gasteiger partial charge in [-0.3, -0.25) is 0 Å². The molecular formula is C11H13N3S. The number of aromatic nitrogens is 2. The van der Waals surface area contributed by atoms with Gasteiger partial charge in [-0.2, -0.15) is 0 Å². The van der Waals surface area contributed by atoms with Gasteiger partial charge in [0.2, 0.25) is 0 Å². The molecule has 0 bridgehead atoms. The summed E-state index contributed by atoms with van der Waals surface area (Å²) >= 11 is 1.67. The van der Waals surface area contributed by atoms with Gasteiger partial charge < -0.3 is 5.32 Å². The van der Waals surface area contributed by atoms with Gasteiger partial charge in [0.05, 0.1) is 17.2 Å². The van der Waals surface area contributed by atoms with Crippen LogP contribution >= 0.6 is 11.3 Å². The maximum atomic E-state index is 4.38. The van der Waals surface area contributed by atoms with E-state index in [0.29, 0.717) is 0 Å². The number of rotatable bonds is 3. The number of hydrogen-bond acceptors (Lipinski definition) is 4. The maximum Gasteiger partial charge on any atom is 0.126 e. The lowest BCUT2D eigenvalue weighted by Crippen LogP contribution is -2.01. The smallest absolute Gasteiger partial charge is 0.126 e. The van der Waals surface area contributed by atoms with Crippen molar-refractivity contribution in [1.82, 2.24) is 9.97 Å². The van der Waals surface area contributed by atoms with Crippen molar-refractivity contribution < 1.29 is 0 Å². The molecule has 0 spiro atoms. The number of nitrogens with one attached hydrogen (secondary N) is 1. The van der Waals surface area contributed by atoms with E-state index < -0.39 is 0 Å². The van der Waals surface area contributed by atoms with E-state index >= 15 is 0 Å². The first kappa shape index (κ1) is 10.1. The zero-order valence-electron chi connectivity index (χ0n) is 8.82. The molecule has 0 aliphatic carbocycles. The molecule has 0 aliphatic heterocycles. The third-order valence-electron chi connectivity index (χ3n) is 2.01. The van der Waals surface area contributed by atoms with E-state index in [1.807, 2.05) is 32.0 Å². The van der Waals surface area contributed by atoms with Crippen molar-refractivity contribution in [3.05, 3.63) is 40.0 Å². The Morgan fingerprint density at radius 1 is 1.27 bits per heavy atom. The van der Waals surface area contributed by atoms with Crippen LogP contribution in [-0.2, 0) is 6.54 Å². The minimum atomic E-state index is 0.737. The van der Waals surface area contributed by atoms with Crippen molar-refractivity contribution in [2.45, 2.75) is 20.4 Å². The number of nitrogens with zero attached hydrogens (tertiary/aromatic N) is 2. The molecule has 4 heteroatoms. The summed E-state index contributed by atoms with van der Waals surface area (Å²) in [4.78, 5) is 8.74. The van der Waals surface area contributed by atoms with E-state index in [0.717, 1.165) is 28.8 Å². The van der Waals surface area contributed by atoms with Gasteiger partial charge in [-0.1, -0.05) is 6.07 Å². The average Bonchev–Trinajstić information content (AvgIpc) is 2.62. The Morgan fingerprint density at radius 3 is 2.80 bits per heavy atom. The number of hydrogen-bond donors (Lipinski definition) is 1. The summed E-state index contributed by atoms with van der Waals surface area (Å²) in [7, 11) is 0. The summed E-state index contributed by atoms with van der Waals surface area (Å²) < 4.78 is 0. The molecule has 2 heterocycles. The standard InChI is InChI=1S/C11H13N3S/c1-8-4-3-5-11(13-8)12-6-10-7-15-9(2)14-10/h3-5,7H,6H2,1-2H3,(H,12,13). The van der Waals surface area contributed by atoms with E-state index in [-0.39, 0.29) is 0 Å². The molecule has 0 saturated carbocycles. The van der Waals surface area contributed by atoms with Crippen LogP contribution in [0.3, 0.4) is 0 Å². The van der Waals surface area contributed by atoms with Crippen LogP contribution in [0.5, 0.6) is 0 Å². The fourth-order valence-electron chi connectivity index (χ4n) is 1.31.